The summed E-state index contributed by atoms with van der Waals surface area (Å²) in [6, 6.07) is 19.6. The van der Waals surface area contributed by atoms with Gasteiger partial charge in [-0.05, 0) is 54.7 Å². The molecule has 4 rings (SSSR count). The molecule has 2 amide bonds. The number of ether oxygens (including phenoxy) is 2. The van der Waals surface area contributed by atoms with Crippen LogP contribution >= 0.6 is 0 Å². The summed E-state index contributed by atoms with van der Waals surface area (Å²) in [4.78, 5) is 29.1. The predicted molar refractivity (Wildman–Crippen MR) is 162 cm³/mol. The van der Waals surface area contributed by atoms with Crippen molar-refractivity contribution in [3.05, 3.63) is 83.9 Å². The first-order chi connectivity index (χ1) is 20.1. The molecule has 3 aromatic carbocycles. The molecule has 0 saturated heterocycles. The molecule has 0 radical (unpaired) electrons. The van der Waals surface area contributed by atoms with Crippen molar-refractivity contribution in [1.29, 1.82) is 0 Å². The van der Waals surface area contributed by atoms with Gasteiger partial charge in [-0.1, -0.05) is 63.2 Å². The number of hydrogen-bond donors (Lipinski definition) is 1. The molecular weight excluding hydrogens is 554 g/mol. The molecule has 1 aliphatic heterocycles. The molecule has 224 valence electrons. The maximum atomic E-state index is 14.2. The maximum absolute atomic E-state index is 14.2. The molecule has 1 N–H and O–H groups in total. The third-order valence-electron chi connectivity index (χ3n) is 7.10. The van der Waals surface area contributed by atoms with Gasteiger partial charge in [-0.2, -0.15) is 0 Å². The maximum Gasteiger partial charge on any atom is 0.264 e. The Labute approximate surface area is 248 Å². The molecule has 42 heavy (non-hydrogen) atoms. The summed E-state index contributed by atoms with van der Waals surface area (Å²) in [6.07, 6.45) is 0.358. The van der Waals surface area contributed by atoms with Crippen LogP contribution in [0.25, 0.3) is 0 Å². The number of carbonyl (C=O) groups is 2. The number of hydrogen-bond acceptors (Lipinski definition) is 6. The second-order valence-corrected chi connectivity index (χ2v) is 12.5. The van der Waals surface area contributed by atoms with Crippen LogP contribution in [-0.2, 0) is 26.2 Å². The Morgan fingerprint density at radius 3 is 2.26 bits per heavy atom. The molecule has 0 fully saturated rings. The Morgan fingerprint density at radius 1 is 0.929 bits per heavy atom. The van der Waals surface area contributed by atoms with Crippen LogP contribution in [0.4, 0.5) is 5.69 Å². The summed E-state index contributed by atoms with van der Waals surface area (Å²) in [5, 5.41) is 2.95. The fourth-order valence-corrected chi connectivity index (χ4v) is 6.18. The molecular formula is C32H39N3O6S. The van der Waals surface area contributed by atoms with Crippen LogP contribution in [0.5, 0.6) is 11.5 Å². The zero-order valence-electron chi connectivity index (χ0n) is 24.6. The molecule has 0 unspecified atom stereocenters. The normalized spacial score (nSPS) is 13.4. The third-order valence-corrected chi connectivity index (χ3v) is 8.88. The average Bonchev–Trinajstić information content (AvgIpc) is 2.99. The zero-order valence-corrected chi connectivity index (χ0v) is 25.4. The first kappa shape index (κ1) is 30.9. The second kappa shape index (κ2) is 13.7. The van der Waals surface area contributed by atoms with E-state index in [1.54, 1.807) is 36.4 Å². The number of carbonyl (C=O) groups excluding carboxylic acids is 2. The number of rotatable bonds is 12. The molecule has 1 aliphatic rings. The molecule has 0 spiro atoms. The van der Waals surface area contributed by atoms with Gasteiger partial charge in [0.1, 0.15) is 25.8 Å². The van der Waals surface area contributed by atoms with E-state index in [4.69, 9.17) is 9.47 Å². The molecule has 0 aromatic heterocycles. The van der Waals surface area contributed by atoms with Crippen LogP contribution in [0.15, 0.2) is 77.7 Å². The van der Waals surface area contributed by atoms with Crippen LogP contribution in [0.2, 0.25) is 0 Å². The number of nitrogens with zero attached hydrogens (tertiary/aromatic N) is 2. The van der Waals surface area contributed by atoms with Crippen LogP contribution in [0.3, 0.4) is 0 Å². The first-order valence-electron chi connectivity index (χ1n) is 14.2. The van der Waals surface area contributed by atoms with E-state index in [0.717, 1.165) is 15.4 Å². The third kappa shape index (κ3) is 7.23. The van der Waals surface area contributed by atoms with Crippen LogP contribution in [-0.4, -0.2) is 57.5 Å². The molecule has 10 heteroatoms. The van der Waals surface area contributed by atoms with E-state index in [0.29, 0.717) is 37.7 Å². The van der Waals surface area contributed by atoms with Crippen molar-refractivity contribution in [2.75, 3.05) is 30.6 Å². The number of benzene rings is 3. The Hall–Kier alpha value is -4.05. The largest absolute Gasteiger partial charge is 0.486 e. The van der Waals surface area contributed by atoms with E-state index >= 15 is 0 Å². The summed E-state index contributed by atoms with van der Waals surface area (Å²) in [5.74, 6) is 0.357. The van der Waals surface area contributed by atoms with Gasteiger partial charge in [0.2, 0.25) is 11.8 Å². The van der Waals surface area contributed by atoms with Gasteiger partial charge < -0.3 is 19.7 Å². The van der Waals surface area contributed by atoms with Crippen molar-refractivity contribution in [2.24, 2.45) is 5.92 Å². The minimum absolute atomic E-state index is 0.0415. The van der Waals surface area contributed by atoms with E-state index in [1.165, 1.54) is 17.0 Å². The van der Waals surface area contributed by atoms with E-state index in [2.05, 4.69) is 5.32 Å². The number of amides is 2. The molecule has 1 heterocycles. The van der Waals surface area contributed by atoms with E-state index in [1.807, 2.05) is 52.0 Å². The smallest absolute Gasteiger partial charge is 0.264 e. The Kier molecular flexibility index (Phi) is 10.1. The van der Waals surface area contributed by atoms with Gasteiger partial charge in [0.15, 0.2) is 11.5 Å². The number of sulfonamides is 1. The lowest BCUT2D eigenvalue weighted by atomic mass is 10.1. The van der Waals surface area contributed by atoms with Crippen molar-refractivity contribution >= 4 is 27.5 Å². The Morgan fingerprint density at radius 2 is 1.60 bits per heavy atom. The quantitative estimate of drug-likeness (QED) is 0.331. The number of fused-ring (bicyclic) bond motifs is 1. The number of aryl methyl sites for hydroxylation is 1. The fraction of sp³-hybridized carbons (Fsp3) is 0.375. The molecule has 0 saturated carbocycles. The summed E-state index contributed by atoms with van der Waals surface area (Å²) in [7, 11) is -4.18. The van der Waals surface area contributed by atoms with Crippen LogP contribution in [0.1, 0.15) is 38.3 Å². The van der Waals surface area contributed by atoms with Gasteiger partial charge in [-0.3, -0.25) is 13.9 Å². The Balaban J connectivity index is 1.75. The van der Waals surface area contributed by atoms with Crippen molar-refractivity contribution in [2.45, 2.75) is 51.6 Å². The lowest BCUT2D eigenvalue weighted by Gasteiger charge is -2.34. The number of nitrogens with one attached hydrogen (secondary N) is 1. The van der Waals surface area contributed by atoms with Gasteiger partial charge in [0.05, 0.1) is 10.6 Å². The topological polar surface area (TPSA) is 105 Å². The Bertz CT molecular complexity index is 1490. The summed E-state index contributed by atoms with van der Waals surface area (Å²) < 4.78 is 40.5. The van der Waals surface area contributed by atoms with E-state index in [9.17, 15) is 18.0 Å². The van der Waals surface area contributed by atoms with Crippen molar-refractivity contribution < 1.29 is 27.5 Å². The van der Waals surface area contributed by atoms with Crippen LogP contribution in [0, 0.1) is 12.8 Å². The van der Waals surface area contributed by atoms with Crippen LogP contribution < -0.4 is 19.1 Å². The monoisotopic (exact) mass is 593 g/mol. The molecule has 9 nitrogen and oxygen atoms in total. The van der Waals surface area contributed by atoms with E-state index < -0.39 is 28.5 Å². The molecule has 1 atom stereocenters. The minimum Gasteiger partial charge on any atom is -0.486 e. The van der Waals surface area contributed by atoms with Gasteiger partial charge >= 0.3 is 0 Å². The lowest BCUT2D eigenvalue weighted by molar-refractivity contribution is -0.140. The predicted octanol–water partition coefficient (Wildman–Crippen LogP) is 4.54. The SMILES string of the molecule is CC[C@@H](C(=O)NCC(C)C)N(Cc1ccccc1C)C(=O)CN(c1ccc2c(c1)OCCO2)S(=O)(=O)c1ccccc1. The van der Waals surface area contributed by atoms with Gasteiger partial charge in [-0.15, -0.1) is 0 Å². The first-order valence-corrected chi connectivity index (χ1v) is 15.6. The highest BCUT2D eigenvalue weighted by Gasteiger charge is 2.34. The second-order valence-electron chi connectivity index (χ2n) is 10.7. The summed E-state index contributed by atoms with van der Waals surface area (Å²) >= 11 is 0. The number of anilines is 1. The molecule has 0 aliphatic carbocycles. The van der Waals surface area contributed by atoms with Gasteiger partial charge in [0.25, 0.3) is 10.0 Å². The van der Waals surface area contributed by atoms with Crippen molar-refractivity contribution in [3.8, 4) is 11.5 Å². The fourth-order valence-electron chi connectivity index (χ4n) is 4.75. The standard InChI is InChI=1S/C32H39N3O6S/c1-5-28(32(37)33-20-23(2)3)34(21-25-12-10-9-11-24(25)4)31(36)22-35(42(38,39)27-13-7-6-8-14-27)26-15-16-29-30(19-26)41-18-17-40-29/h6-16,19,23,28H,5,17-18,20-22H2,1-4H3,(H,33,37)/t28-/m0/s1. The molecule has 3 aromatic rings. The van der Waals surface area contributed by atoms with E-state index in [-0.39, 0.29) is 29.0 Å². The highest BCUT2D eigenvalue weighted by molar-refractivity contribution is 7.92. The van der Waals surface area contributed by atoms with Gasteiger partial charge in [-0.25, -0.2) is 8.42 Å². The van der Waals surface area contributed by atoms with Gasteiger partial charge in [0, 0.05) is 19.2 Å². The lowest BCUT2D eigenvalue weighted by Crippen LogP contribution is -2.52. The van der Waals surface area contributed by atoms with Crippen molar-refractivity contribution in [3.63, 3.8) is 0 Å². The molecule has 0 bridgehead atoms. The summed E-state index contributed by atoms with van der Waals surface area (Å²) in [6.45, 7) is 8.60. The average molecular weight is 594 g/mol. The highest BCUT2D eigenvalue weighted by Crippen LogP contribution is 2.36. The zero-order chi connectivity index (χ0) is 30.3. The summed E-state index contributed by atoms with van der Waals surface area (Å²) in [5.41, 5.74) is 2.09. The van der Waals surface area contributed by atoms with Crippen molar-refractivity contribution in [1.82, 2.24) is 10.2 Å². The minimum atomic E-state index is -4.18. The highest BCUT2D eigenvalue weighted by atomic mass is 32.2.